The Bertz CT molecular complexity index is 966. The van der Waals surface area contributed by atoms with Gasteiger partial charge in [0.05, 0.1) is 0 Å². The number of benzene rings is 3. The van der Waals surface area contributed by atoms with Gasteiger partial charge in [0, 0.05) is 14.6 Å². The van der Waals surface area contributed by atoms with E-state index in [2.05, 4.69) is 61.5 Å². The van der Waals surface area contributed by atoms with Crippen molar-refractivity contribution in [2.24, 2.45) is 0 Å². The summed E-state index contributed by atoms with van der Waals surface area (Å²) in [6, 6.07) is 21.3. The largest absolute Gasteiger partial charge is 0.135 e. The van der Waals surface area contributed by atoms with Crippen LogP contribution in [0, 0.1) is 6.92 Å². The molecule has 102 valence electrons. The third kappa shape index (κ3) is 2.14. The van der Waals surface area contributed by atoms with Crippen molar-refractivity contribution in [2.75, 3.05) is 0 Å². The van der Waals surface area contributed by atoms with Gasteiger partial charge in [-0.1, -0.05) is 48.0 Å². The zero-order valence-corrected chi connectivity index (χ0v) is 13.1. The summed E-state index contributed by atoms with van der Waals surface area (Å²) in [4.78, 5) is 1.33. The van der Waals surface area contributed by atoms with E-state index >= 15 is 0 Å². The van der Waals surface area contributed by atoms with Crippen molar-refractivity contribution in [3.8, 4) is 10.4 Å². The highest BCUT2D eigenvalue weighted by atomic mass is 35.5. The molecule has 0 N–H and O–H groups in total. The minimum absolute atomic E-state index is 0.800. The molecule has 1 aromatic heterocycles. The highest BCUT2D eigenvalue weighted by Crippen LogP contribution is 2.39. The number of fused-ring (bicyclic) bond motifs is 2. The molecule has 0 radical (unpaired) electrons. The standard InChI is InChI=1S/C19H13ClS/c1-12-17-11-16(20)8-9-18(17)21-19(12)15-7-6-13-4-2-3-5-14(13)10-15/h2-11H,1H3. The third-order valence-electron chi connectivity index (χ3n) is 3.91. The Morgan fingerprint density at radius 2 is 1.67 bits per heavy atom. The number of hydrogen-bond acceptors (Lipinski definition) is 1. The quantitative estimate of drug-likeness (QED) is 0.368. The van der Waals surface area contributed by atoms with E-state index in [1.165, 1.54) is 36.9 Å². The van der Waals surface area contributed by atoms with Crippen molar-refractivity contribution in [1.82, 2.24) is 0 Å². The van der Waals surface area contributed by atoms with Crippen LogP contribution in [0.5, 0.6) is 0 Å². The lowest BCUT2D eigenvalue weighted by Gasteiger charge is -2.03. The van der Waals surface area contributed by atoms with Gasteiger partial charge >= 0.3 is 0 Å². The van der Waals surface area contributed by atoms with Gasteiger partial charge in [0.25, 0.3) is 0 Å². The molecule has 0 aliphatic carbocycles. The van der Waals surface area contributed by atoms with Crippen molar-refractivity contribution in [3.05, 3.63) is 71.2 Å². The zero-order valence-electron chi connectivity index (χ0n) is 11.6. The number of thiophene rings is 1. The predicted molar refractivity (Wildman–Crippen MR) is 94.5 cm³/mol. The Hall–Kier alpha value is -1.83. The summed E-state index contributed by atoms with van der Waals surface area (Å²) in [5.41, 5.74) is 2.59. The van der Waals surface area contributed by atoms with E-state index < -0.39 is 0 Å². The summed E-state index contributed by atoms with van der Waals surface area (Å²) < 4.78 is 1.29. The van der Waals surface area contributed by atoms with E-state index in [9.17, 15) is 0 Å². The highest BCUT2D eigenvalue weighted by Gasteiger charge is 2.11. The van der Waals surface area contributed by atoms with Gasteiger partial charge in [-0.25, -0.2) is 0 Å². The topological polar surface area (TPSA) is 0 Å². The molecule has 0 saturated heterocycles. The fourth-order valence-electron chi connectivity index (χ4n) is 2.80. The molecular formula is C19H13ClS. The SMILES string of the molecule is Cc1c(-c2ccc3ccccc3c2)sc2ccc(Cl)cc12. The van der Waals surface area contributed by atoms with Crippen LogP contribution in [0.2, 0.25) is 5.02 Å². The van der Waals surface area contributed by atoms with E-state index in [1.807, 2.05) is 17.4 Å². The second kappa shape index (κ2) is 4.87. The van der Waals surface area contributed by atoms with Crippen molar-refractivity contribution >= 4 is 43.8 Å². The molecule has 0 nitrogen and oxygen atoms in total. The lowest BCUT2D eigenvalue weighted by Crippen LogP contribution is -1.78. The van der Waals surface area contributed by atoms with Gasteiger partial charge in [-0.3, -0.25) is 0 Å². The van der Waals surface area contributed by atoms with E-state index in [0.717, 1.165) is 5.02 Å². The Morgan fingerprint density at radius 1 is 0.857 bits per heavy atom. The molecule has 1 heterocycles. The molecule has 4 rings (SSSR count). The molecule has 0 bridgehead atoms. The fraction of sp³-hybridized carbons (Fsp3) is 0.0526. The summed E-state index contributed by atoms with van der Waals surface area (Å²) >= 11 is 7.96. The van der Waals surface area contributed by atoms with Crippen LogP contribution in [0.3, 0.4) is 0 Å². The van der Waals surface area contributed by atoms with Crippen LogP contribution < -0.4 is 0 Å². The molecule has 3 aromatic carbocycles. The van der Waals surface area contributed by atoms with Crippen LogP contribution in [-0.4, -0.2) is 0 Å². The number of aryl methyl sites for hydroxylation is 1. The normalized spacial score (nSPS) is 11.3. The highest BCUT2D eigenvalue weighted by molar-refractivity contribution is 7.22. The molecule has 0 aliphatic rings. The molecule has 0 unspecified atom stereocenters. The molecule has 0 aliphatic heterocycles. The average Bonchev–Trinajstić information content (AvgIpc) is 2.84. The van der Waals surface area contributed by atoms with Crippen molar-refractivity contribution in [2.45, 2.75) is 6.92 Å². The van der Waals surface area contributed by atoms with Crippen LogP contribution in [0.1, 0.15) is 5.56 Å². The molecule has 0 amide bonds. The predicted octanol–water partition coefficient (Wildman–Crippen LogP) is 6.68. The minimum atomic E-state index is 0.800. The van der Waals surface area contributed by atoms with E-state index in [1.54, 1.807) is 0 Å². The first kappa shape index (κ1) is 12.9. The summed E-state index contributed by atoms with van der Waals surface area (Å²) in [5.74, 6) is 0. The van der Waals surface area contributed by atoms with Crippen LogP contribution in [-0.2, 0) is 0 Å². The Labute approximate surface area is 132 Å². The van der Waals surface area contributed by atoms with Gasteiger partial charge in [0.2, 0.25) is 0 Å². The van der Waals surface area contributed by atoms with Crippen molar-refractivity contribution in [3.63, 3.8) is 0 Å². The van der Waals surface area contributed by atoms with Crippen LogP contribution in [0.25, 0.3) is 31.3 Å². The Kier molecular flexibility index (Phi) is 2.99. The van der Waals surface area contributed by atoms with Crippen molar-refractivity contribution < 1.29 is 0 Å². The second-order valence-electron chi connectivity index (χ2n) is 5.26. The smallest absolute Gasteiger partial charge is 0.0413 e. The maximum atomic E-state index is 6.13. The number of rotatable bonds is 1. The van der Waals surface area contributed by atoms with Gasteiger partial charge < -0.3 is 0 Å². The maximum absolute atomic E-state index is 6.13. The van der Waals surface area contributed by atoms with E-state index in [0.29, 0.717) is 0 Å². The van der Waals surface area contributed by atoms with Crippen LogP contribution in [0.15, 0.2) is 60.7 Å². The number of hydrogen-bond donors (Lipinski definition) is 0. The molecular weight excluding hydrogens is 296 g/mol. The molecule has 0 fully saturated rings. The summed E-state index contributed by atoms with van der Waals surface area (Å²) in [5, 5.41) is 4.62. The van der Waals surface area contributed by atoms with Gasteiger partial charge in [-0.2, -0.15) is 0 Å². The first-order chi connectivity index (χ1) is 10.2. The Morgan fingerprint density at radius 3 is 2.52 bits per heavy atom. The summed E-state index contributed by atoms with van der Waals surface area (Å²) in [6.07, 6.45) is 0. The molecule has 0 saturated carbocycles. The fourth-order valence-corrected chi connectivity index (χ4v) is 4.16. The lowest BCUT2D eigenvalue weighted by atomic mass is 10.0. The molecule has 4 aromatic rings. The van der Waals surface area contributed by atoms with E-state index in [-0.39, 0.29) is 0 Å². The van der Waals surface area contributed by atoms with E-state index in [4.69, 9.17) is 11.6 Å². The van der Waals surface area contributed by atoms with Crippen LogP contribution >= 0.6 is 22.9 Å². The first-order valence-electron chi connectivity index (χ1n) is 6.90. The van der Waals surface area contributed by atoms with Gasteiger partial charge in [-0.05, 0) is 58.5 Å². The molecule has 21 heavy (non-hydrogen) atoms. The average molecular weight is 309 g/mol. The molecule has 0 spiro atoms. The molecule has 2 heteroatoms. The minimum Gasteiger partial charge on any atom is -0.135 e. The molecule has 0 atom stereocenters. The Balaban J connectivity index is 1.97. The first-order valence-corrected chi connectivity index (χ1v) is 8.10. The zero-order chi connectivity index (χ0) is 14.4. The van der Waals surface area contributed by atoms with Crippen LogP contribution in [0.4, 0.5) is 0 Å². The second-order valence-corrected chi connectivity index (χ2v) is 6.75. The maximum Gasteiger partial charge on any atom is 0.0413 e. The number of halogens is 1. The monoisotopic (exact) mass is 308 g/mol. The summed E-state index contributed by atoms with van der Waals surface area (Å²) in [7, 11) is 0. The van der Waals surface area contributed by atoms with Gasteiger partial charge in [0.15, 0.2) is 0 Å². The summed E-state index contributed by atoms with van der Waals surface area (Å²) in [6.45, 7) is 2.18. The van der Waals surface area contributed by atoms with Gasteiger partial charge in [0.1, 0.15) is 0 Å². The van der Waals surface area contributed by atoms with Gasteiger partial charge in [-0.15, -0.1) is 11.3 Å². The lowest BCUT2D eigenvalue weighted by molar-refractivity contribution is 1.58. The third-order valence-corrected chi connectivity index (χ3v) is 5.47. The van der Waals surface area contributed by atoms with Crippen molar-refractivity contribution in [1.29, 1.82) is 0 Å².